The third-order valence-electron chi connectivity index (χ3n) is 8.61. The Hall–Kier alpha value is -3.38. The van der Waals surface area contributed by atoms with Gasteiger partial charge < -0.3 is 25.2 Å². The first-order valence-corrected chi connectivity index (χ1v) is 15.2. The van der Waals surface area contributed by atoms with Gasteiger partial charge in [-0.05, 0) is 63.1 Å². The maximum absolute atomic E-state index is 13.6. The summed E-state index contributed by atoms with van der Waals surface area (Å²) in [4.78, 5) is 45.1. The van der Waals surface area contributed by atoms with E-state index in [-0.39, 0.29) is 23.8 Å². The van der Waals surface area contributed by atoms with Crippen LogP contribution in [0.3, 0.4) is 0 Å². The number of ether oxygens (including phenoxy) is 2. The van der Waals surface area contributed by atoms with Crippen LogP contribution in [0.2, 0.25) is 0 Å². The largest absolute Gasteiger partial charge is 0.381 e. The van der Waals surface area contributed by atoms with E-state index < -0.39 is 35.8 Å². The van der Waals surface area contributed by atoms with Crippen molar-refractivity contribution < 1.29 is 29.0 Å². The van der Waals surface area contributed by atoms with Crippen LogP contribution in [0.4, 0.5) is 0 Å². The standard InChI is InChI=1S/C32H43N5O6/c1-19-24-10-9-22-8-7-21(18-26(22)35-24)11-14-32(3,4)31(41)43-27(23-12-16-42-17-13-23)29(39)34-20(2)30(40)37-15-5-6-25(36-37)28(38)33-19/h7-11,14,18-20,23,25,27,31,36,41H,5-6,12-13,15-17H2,1-4H3,(H,33,38)(H,34,39). The molecule has 3 amide bonds. The van der Waals surface area contributed by atoms with Gasteiger partial charge in [0.05, 0.1) is 17.3 Å². The van der Waals surface area contributed by atoms with E-state index in [9.17, 15) is 19.5 Å². The smallest absolute Gasteiger partial charge is 0.258 e. The number of aliphatic hydroxyl groups is 1. The predicted molar refractivity (Wildman–Crippen MR) is 161 cm³/mol. The minimum atomic E-state index is -1.30. The predicted octanol–water partition coefficient (Wildman–Crippen LogP) is 2.60. The van der Waals surface area contributed by atoms with E-state index in [1.165, 1.54) is 5.01 Å². The topological polar surface area (TPSA) is 142 Å². The van der Waals surface area contributed by atoms with Crippen molar-refractivity contribution in [3.8, 4) is 0 Å². The van der Waals surface area contributed by atoms with Gasteiger partial charge in [-0.1, -0.05) is 44.2 Å². The fourth-order valence-electron chi connectivity index (χ4n) is 5.72. The Labute approximate surface area is 252 Å². The van der Waals surface area contributed by atoms with Crippen molar-refractivity contribution in [3.05, 3.63) is 47.7 Å². The highest BCUT2D eigenvalue weighted by Gasteiger charge is 2.38. The molecule has 2 aromatic rings. The van der Waals surface area contributed by atoms with Crippen LogP contribution in [0.1, 0.15) is 70.7 Å². The van der Waals surface area contributed by atoms with Crippen molar-refractivity contribution in [2.24, 2.45) is 11.3 Å². The molecule has 232 valence electrons. The number of carbonyl (C=O) groups excluding carboxylic acids is 3. The summed E-state index contributed by atoms with van der Waals surface area (Å²) < 4.78 is 11.6. The Morgan fingerprint density at radius 1 is 0.977 bits per heavy atom. The van der Waals surface area contributed by atoms with E-state index in [2.05, 4.69) is 16.1 Å². The highest BCUT2D eigenvalue weighted by atomic mass is 16.6. The number of aliphatic hydroxyl groups excluding tert-OH is 1. The number of fused-ring (bicyclic) bond motifs is 4. The van der Waals surface area contributed by atoms with Crippen molar-refractivity contribution in [1.29, 1.82) is 0 Å². The lowest BCUT2D eigenvalue weighted by Gasteiger charge is -2.37. The van der Waals surface area contributed by atoms with Crippen LogP contribution >= 0.6 is 0 Å². The summed E-state index contributed by atoms with van der Waals surface area (Å²) in [6.45, 7) is 8.57. The zero-order chi connectivity index (χ0) is 30.7. The van der Waals surface area contributed by atoms with Gasteiger partial charge in [0.15, 0.2) is 6.29 Å². The molecule has 5 unspecified atom stereocenters. The molecular weight excluding hydrogens is 550 g/mol. The molecule has 3 aliphatic rings. The van der Waals surface area contributed by atoms with Crippen molar-refractivity contribution >= 4 is 34.7 Å². The second-order valence-corrected chi connectivity index (χ2v) is 12.5. The molecule has 2 fully saturated rings. The van der Waals surface area contributed by atoms with Crippen LogP contribution < -0.4 is 16.1 Å². The molecule has 5 atom stereocenters. The molecule has 4 N–H and O–H groups in total. The van der Waals surface area contributed by atoms with Crippen LogP contribution in [-0.2, 0) is 23.9 Å². The monoisotopic (exact) mass is 593 g/mol. The molecule has 1 aromatic carbocycles. The first kappa shape index (κ1) is 31.1. The van der Waals surface area contributed by atoms with Gasteiger partial charge in [-0.25, -0.2) is 5.43 Å². The number of hydrogen-bond acceptors (Lipinski definition) is 8. The summed E-state index contributed by atoms with van der Waals surface area (Å²) in [7, 11) is 0. The van der Waals surface area contributed by atoms with E-state index >= 15 is 0 Å². The fourth-order valence-corrected chi connectivity index (χ4v) is 5.72. The van der Waals surface area contributed by atoms with Crippen molar-refractivity contribution in [2.45, 2.75) is 83.9 Å². The number of benzene rings is 1. The van der Waals surface area contributed by atoms with E-state index in [1.807, 2.05) is 63.3 Å². The molecule has 43 heavy (non-hydrogen) atoms. The van der Waals surface area contributed by atoms with E-state index in [4.69, 9.17) is 14.5 Å². The summed E-state index contributed by atoms with van der Waals surface area (Å²) in [5.41, 5.74) is 4.59. The van der Waals surface area contributed by atoms with Crippen LogP contribution in [0, 0.1) is 11.3 Å². The van der Waals surface area contributed by atoms with Crippen molar-refractivity contribution in [2.75, 3.05) is 19.8 Å². The quantitative estimate of drug-likeness (QED) is 0.395. The summed E-state index contributed by atoms with van der Waals surface area (Å²) in [5, 5.41) is 19.5. The number of rotatable bonds is 1. The number of carbonyl (C=O) groups is 3. The van der Waals surface area contributed by atoms with Gasteiger partial charge in [-0.3, -0.25) is 24.4 Å². The summed E-state index contributed by atoms with van der Waals surface area (Å²) >= 11 is 0. The molecule has 11 nitrogen and oxygen atoms in total. The third-order valence-corrected chi connectivity index (χ3v) is 8.61. The lowest BCUT2D eigenvalue weighted by atomic mass is 9.89. The minimum absolute atomic E-state index is 0.184. The van der Waals surface area contributed by atoms with Gasteiger partial charge in [0, 0.05) is 30.6 Å². The number of hydrogen-bond donors (Lipinski definition) is 4. The van der Waals surface area contributed by atoms with Gasteiger partial charge in [0.2, 0.25) is 11.8 Å². The molecule has 0 spiro atoms. The molecule has 2 saturated heterocycles. The molecule has 0 aliphatic carbocycles. The first-order valence-electron chi connectivity index (χ1n) is 15.2. The maximum Gasteiger partial charge on any atom is 0.258 e. The highest BCUT2D eigenvalue weighted by molar-refractivity contribution is 5.90. The van der Waals surface area contributed by atoms with Gasteiger partial charge in [0.1, 0.15) is 18.2 Å². The van der Waals surface area contributed by atoms with Crippen LogP contribution in [0.25, 0.3) is 17.0 Å². The van der Waals surface area contributed by atoms with Gasteiger partial charge in [-0.15, -0.1) is 0 Å². The van der Waals surface area contributed by atoms with E-state index in [1.54, 1.807) is 6.92 Å². The number of nitrogens with one attached hydrogen (secondary N) is 3. The Morgan fingerprint density at radius 2 is 1.70 bits per heavy atom. The number of aromatic nitrogens is 1. The summed E-state index contributed by atoms with van der Waals surface area (Å²) in [6, 6.07) is 7.95. The Morgan fingerprint density at radius 3 is 2.47 bits per heavy atom. The lowest BCUT2D eigenvalue weighted by molar-refractivity contribution is -0.200. The van der Waals surface area contributed by atoms with Gasteiger partial charge in [0.25, 0.3) is 5.91 Å². The number of nitrogens with zero attached hydrogens (tertiary/aromatic N) is 2. The average Bonchev–Trinajstić information content (AvgIpc) is 3.01. The average molecular weight is 594 g/mol. The van der Waals surface area contributed by atoms with E-state index in [0.717, 1.165) is 22.2 Å². The maximum atomic E-state index is 13.6. The summed E-state index contributed by atoms with van der Waals surface area (Å²) in [6.07, 6.45) is 3.87. The first-order chi connectivity index (χ1) is 20.5. The fraction of sp³-hybridized carbons (Fsp3) is 0.562. The molecule has 1 aromatic heterocycles. The lowest BCUT2D eigenvalue weighted by Crippen LogP contribution is -2.61. The Bertz CT molecular complexity index is 1370. The molecule has 11 heteroatoms. The highest BCUT2D eigenvalue weighted by Crippen LogP contribution is 2.30. The summed E-state index contributed by atoms with van der Waals surface area (Å²) in [5.74, 6) is -1.23. The Kier molecular flexibility index (Phi) is 9.45. The minimum Gasteiger partial charge on any atom is -0.381 e. The SMILES string of the molecule is CC1NC(=O)C(C2CCOCC2)OC(O)C(C)(C)C=Cc2ccc3ccc(nc3c2)C(C)NC(=O)C2CCCN(N2)C1=O. The zero-order valence-electron chi connectivity index (χ0n) is 25.3. The van der Waals surface area contributed by atoms with Crippen LogP contribution in [-0.4, -0.2) is 77.1 Å². The second-order valence-electron chi connectivity index (χ2n) is 12.5. The van der Waals surface area contributed by atoms with Crippen LogP contribution in [0.5, 0.6) is 0 Å². The molecule has 4 heterocycles. The zero-order valence-corrected chi connectivity index (χ0v) is 25.3. The molecular formula is C32H43N5O6. The van der Waals surface area contributed by atoms with Crippen molar-refractivity contribution in [1.82, 2.24) is 26.1 Å². The molecule has 5 rings (SSSR count). The Balaban J connectivity index is 1.49. The number of amides is 3. The molecule has 3 aliphatic heterocycles. The number of pyridine rings is 1. The molecule has 5 bridgehead atoms. The van der Waals surface area contributed by atoms with Crippen molar-refractivity contribution in [3.63, 3.8) is 0 Å². The third kappa shape index (κ3) is 7.23. The van der Waals surface area contributed by atoms with E-state index in [0.29, 0.717) is 45.4 Å². The number of hydrazine groups is 1. The van der Waals surface area contributed by atoms with Gasteiger partial charge >= 0.3 is 0 Å². The van der Waals surface area contributed by atoms with Crippen LogP contribution in [0.15, 0.2) is 36.4 Å². The molecule has 0 radical (unpaired) electrons. The second kappa shape index (κ2) is 13.1. The molecule has 0 saturated carbocycles. The van der Waals surface area contributed by atoms with Gasteiger partial charge in [-0.2, -0.15) is 0 Å². The normalized spacial score (nSPS) is 29.7.